The summed E-state index contributed by atoms with van der Waals surface area (Å²) in [6.45, 7) is 13.8. The van der Waals surface area contributed by atoms with Gasteiger partial charge in [-0.1, -0.05) is 26.8 Å². The first-order valence-corrected chi connectivity index (χ1v) is 7.20. The summed E-state index contributed by atoms with van der Waals surface area (Å²) < 4.78 is 6.17. The molecule has 0 amide bonds. The van der Waals surface area contributed by atoms with Crippen LogP contribution < -0.4 is 5.32 Å². The van der Waals surface area contributed by atoms with Crippen molar-refractivity contribution in [3.63, 3.8) is 0 Å². The molecular weight excluding hydrogens is 234 g/mol. The summed E-state index contributed by atoms with van der Waals surface area (Å²) in [5, 5.41) is 4.78. The first-order chi connectivity index (χ1) is 8.95. The van der Waals surface area contributed by atoms with Gasteiger partial charge < -0.3 is 9.73 Å². The number of benzene rings is 1. The van der Waals surface area contributed by atoms with E-state index in [9.17, 15) is 0 Å². The molecule has 0 fully saturated rings. The second kappa shape index (κ2) is 5.38. The normalized spacial score (nSPS) is 11.7. The molecular formula is C17H25NO. The van der Waals surface area contributed by atoms with E-state index in [4.69, 9.17) is 4.42 Å². The maximum Gasteiger partial charge on any atom is 0.138 e. The van der Waals surface area contributed by atoms with E-state index in [1.807, 2.05) is 0 Å². The van der Waals surface area contributed by atoms with Crippen LogP contribution in [0.2, 0.25) is 0 Å². The molecule has 0 aliphatic rings. The van der Waals surface area contributed by atoms with Crippen LogP contribution in [0.25, 0.3) is 11.0 Å². The standard InChI is InChI=1S/C17H25NO/c1-7-14-15(9-18-10(2)3)19-17-13(6)11(4)8-12(5)16(14)17/h8,10,18H,7,9H2,1-6H3. The lowest BCUT2D eigenvalue weighted by molar-refractivity contribution is 0.483. The molecule has 0 saturated carbocycles. The highest BCUT2D eigenvalue weighted by molar-refractivity contribution is 5.89. The number of fused-ring (bicyclic) bond motifs is 1. The van der Waals surface area contributed by atoms with Crippen LogP contribution in [0.5, 0.6) is 0 Å². The summed E-state index contributed by atoms with van der Waals surface area (Å²) in [7, 11) is 0. The number of hydrogen-bond donors (Lipinski definition) is 1. The Bertz CT molecular complexity index is 593. The molecule has 1 N–H and O–H groups in total. The van der Waals surface area contributed by atoms with Gasteiger partial charge in [-0.25, -0.2) is 0 Å². The lowest BCUT2D eigenvalue weighted by Gasteiger charge is -2.07. The lowest BCUT2D eigenvalue weighted by atomic mass is 9.98. The number of furan rings is 1. The van der Waals surface area contributed by atoms with Gasteiger partial charge >= 0.3 is 0 Å². The van der Waals surface area contributed by atoms with Crippen molar-refractivity contribution in [3.05, 3.63) is 34.1 Å². The van der Waals surface area contributed by atoms with Crippen molar-refractivity contribution in [3.8, 4) is 0 Å². The molecule has 0 aliphatic carbocycles. The zero-order valence-corrected chi connectivity index (χ0v) is 13.0. The van der Waals surface area contributed by atoms with E-state index in [1.54, 1.807) is 0 Å². The van der Waals surface area contributed by atoms with Crippen molar-refractivity contribution in [2.24, 2.45) is 0 Å². The van der Waals surface area contributed by atoms with E-state index in [1.165, 1.54) is 27.6 Å². The summed E-state index contributed by atoms with van der Waals surface area (Å²) in [5.41, 5.74) is 6.35. The monoisotopic (exact) mass is 259 g/mol. The zero-order valence-electron chi connectivity index (χ0n) is 13.0. The Morgan fingerprint density at radius 1 is 1.16 bits per heavy atom. The Balaban J connectivity index is 2.60. The third-order valence-electron chi connectivity index (χ3n) is 3.87. The van der Waals surface area contributed by atoms with Gasteiger partial charge in [0.1, 0.15) is 11.3 Å². The van der Waals surface area contributed by atoms with Crippen LogP contribution in [-0.4, -0.2) is 6.04 Å². The Labute approximate surface area is 116 Å². The Morgan fingerprint density at radius 2 is 1.84 bits per heavy atom. The summed E-state index contributed by atoms with van der Waals surface area (Å²) in [6, 6.07) is 2.74. The molecule has 104 valence electrons. The highest BCUT2D eigenvalue weighted by Crippen LogP contribution is 2.33. The van der Waals surface area contributed by atoms with Crippen molar-refractivity contribution in [1.29, 1.82) is 0 Å². The highest BCUT2D eigenvalue weighted by atomic mass is 16.3. The zero-order chi connectivity index (χ0) is 14.2. The van der Waals surface area contributed by atoms with Crippen LogP contribution in [0, 0.1) is 20.8 Å². The minimum absolute atomic E-state index is 0.474. The minimum Gasteiger partial charge on any atom is -0.459 e. The number of rotatable bonds is 4. The molecule has 2 nitrogen and oxygen atoms in total. The van der Waals surface area contributed by atoms with Crippen molar-refractivity contribution in [2.45, 2.75) is 60.5 Å². The molecule has 0 spiro atoms. The molecule has 0 atom stereocenters. The highest BCUT2D eigenvalue weighted by Gasteiger charge is 2.17. The van der Waals surface area contributed by atoms with Crippen LogP contribution >= 0.6 is 0 Å². The second-order valence-electron chi connectivity index (χ2n) is 5.73. The fraction of sp³-hybridized carbons (Fsp3) is 0.529. The van der Waals surface area contributed by atoms with Crippen LogP contribution in [0.15, 0.2) is 10.5 Å². The molecule has 1 aromatic heterocycles. The van der Waals surface area contributed by atoms with E-state index in [2.05, 4.69) is 52.9 Å². The van der Waals surface area contributed by atoms with Crippen LogP contribution in [0.1, 0.15) is 48.8 Å². The number of nitrogens with one attached hydrogen (secondary N) is 1. The maximum absolute atomic E-state index is 6.17. The van der Waals surface area contributed by atoms with E-state index < -0.39 is 0 Å². The topological polar surface area (TPSA) is 25.2 Å². The van der Waals surface area contributed by atoms with Gasteiger partial charge in [0.25, 0.3) is 0 Å². The molecule has 1 heterocycles. The van der Waals surface area contributed by atoms with E-state index in [-0.39, 0.29) is 0 Å². The molecule has 0 bridgehead atoms. The summed E-state index contributed by atoms with van der Waals surface area (Å²) in [4.78, 5) is 0. The summed E-state index contributed by atoms with van der Waals surface area (Å²) in [5.74, 6) is 1.10. The summed E-state index contributed by atoms with van der Waals surface area (Å²) >= 11 is 0. The van der Waals surface area contributed by atoms with Crippen molar-refractivity contribution >= 4 is 11.0 Å². The quantitative estimate of drug-likeness (QED) is 0.879. The van der Waals surface area contributed by atoms with E-state index >= 15 is 0 Å². The van der Waals surface area contributed by atoms with Gasteiger partial charge in [0.2, 0.25) is 0 Å². The predicted molar refractivity (Wildman–Crippen MR) is 81.8 cm³/mol. The Morgan fingerprint density at radius 3 is 2.42 bits per heavy atom. The van der Waals surface area contributed by atoms with Crippen LogP contribution in [0.4, 0.5) is 0 Å². The van der Waals surface area contributed by atoms with Crippen LogP contribution in [0.3, 0.4) is 0 Å². The van der Waals surface area contributed by atoms with Gasteiger partial charge in [0, 0.05) is 17.0 Å². The number of hydrogen-bond acceptors (Lipinski definition) is 2. The molecule has 19 heavy (non-hydrogen) atoms. The van der Waals surface area contributed by atoms with Gasteiger partial charge in [-0.15, -0.1) is 0 Å². The SMILES string of the molecule is CCc1c(CNC(C)C)oc2c(C)c(C)cc(C)c12. The largest absolute Gasteiger partial charge is 0.459 e. The molecule has 2 aromatic rings. The smallest absolute Gasteiger partial charge is 0.138 e. The Kier molecular flexibility index (Phi) is 4.00. The number of aryl methyl sites for hydroxylation is 4. The molecule has 1 aromatic carbocycles. The van der Waals surface area contributed by atoms with Gasteiger partial charge in [-0.05, 0) is 43.9 Å². The second-order valence-corrected chi connectivity index (χ2v) is 5.73. The van der Waals surface area contributed by atoms with Gasteiger partial charge in [-0.3, -0.25) is 0 Å². The van der Waals surface area contributed by atoms with Crippen molar-refractivity contribution < 1.29 is 4.42 Å². The average molecular weight is 259 g/mol. The minimum atomic E-state index is 0.474. The first-order valence-electron chi connectivity index (χ1n) is 7.20. The molecule has 0 unspecified atom stereocenters. The molecule has 0 radical (unpaired) electrons. The third kappa shape index (κ3) is 2.55. The van der Waals surface area contributed by atoms with Crippen molar-refractivity contribution in [1.82, 2.24) is 5.32 Å². The van der Waals surface area contributed by atoms with Crippen LogP contribution in [-0.2, 0) is 13.0 Å². The predicted octanol–water partition coefficient (Wildman–Crippen LogP) is 4.42. The van der Waals surface area contributed by atoms with Gasteiger partial charge in [-0.2, -0.15) is 0 Å². The third-order valence-corrected chi connectivity index (χ3v) is 3.87. The maximum atomic E-state index is 6.17. The molecule has 0 saturated heterocycles. The lowest BCUT2D eigenvalue weighted by Crippen LogP contribution is -2.22. The Hall–Kier alpha value is -1.28. The fourth-order valence-corrected chi connectivity index (χ4v) is 2.69. The van der Waals surface area contributed by atoms with Gasteiger partial charge in [0.15, 0.2) is 0 Å². The average Bonchev–Trinajstić information content (AvgIpc) is 2.72. The summed E-state index contributed by atoms with van der Waals surface area (Å²) in [6.07, 6.45) is 1.02. The van der Waals surface area contributed by atoms with E-state index in [0.717, 1.165) is 24.3 Å². The first kappa shape index (κ1) is 14.1. The molecule has 2 rings (SSSR count). The molecule has 0 aliphatic heterocycles. The van der Waals surface area contributed by atoms with E-state index in [0.29, 0.717) is 6.04 Å². The fourth-order valence-electron chi connectivity index (χ4n) is 2.69. The van der Waals surface area contributed by atoms with Gasteiger partial charge in [0.05, 0.1) is 6.54 Å². The van der Waals surface area contributed by atoms with Crippen molar-refractivity contribution in [2.75, 3.05) is 0 Å². The molecule has 2 heteroatoms.